The van der Waals surface area contributed by atoms with Gasteiger partial charge < -0.3 is 24.8 Å². The van der Waals surface area contributed by atoms with Gasteiger partial charge in [-0.25, -0.2) is 9.18 Å². The minimum absolute atomic E-state index is 0.0458. The molecule has 0 saturated carbocycles. The van der Waals surface area contributed by atoms with Crippen LogP contribution >= 0.6 is 12.2 Å². The van der Waals surface area contributed by atoms with Crippen LogP contribution in [0.5, 0.6) is 11.5 Å². The van der Waals surface area contributed by atoms with E-state index in [0.717, 1.165) is 11.1 Å². The Morgan fingerprint density at radius 2 is 1.77 bits per heavy atom. The van der Waals surface area contributed by atoms with Crippen LogP contribution in [0.25, 0.3) is 5.70 Å². The average Bonchev–Trinajstić information content (AvgIpc) is 2.88. The summed E-state index contributed by atoms with van der Waals surface area (Å²) in [4.78, 5) is 13.1. The number of hydrogen-bond donors (Lipinski definition) is 2. The number of hydrogen-bond acceptors (Lipinski definition) is 5. The Kier molecular flexibility index (Phi) is 7.62. The molecule has 6 nitrogen and oxygen atoms in total. The maximum Gasteiger partial charge on any atom is 0.338 e. The highest BCUT2D eigenvalue weighted by atomic mass is 32.1. The van der Waals surface area contributed by atoms with Crippen molar-refractivity contribution in [2.24, 2.45) is 0 Å². The maximum absolute atomic E-state index is 14.0. The number of carbonyl (C=O) groups excluding carboxylic acids is 1. The van der Waals surface area contributed by atoms with E-state index in [9.17, 15) is 9.18 Å². The number of nitrogens with one attached hydrogen (secondary N) is 2. The van der Waals surface area contributed by atoms with Gasteiger partial charge in [0.25, 0.3) is 0 Å². The molecule has 3 aromatic carbocycles. The Bertz CT molecular complexity index is 1260. The van der Waals surface area contributed by atoms with E-state index < -0.39 is 12.0 Å². The molecule has 1 aliphatic rings. The quantitative estimate of drug-likeness (QED) is 0.342. The summed E-state index contributed by atoms with van der Waals surface area (Å²) >= 11 is 5.46. The topological polar surface area (TPSA) is 68.8 Å². The van der Waals surface area contributed by atoms with Crippen molar-refractivity contribution in [2.75, 3.05) is 13.7 Å². The molecule has 1 atom stereocenters. The van der Waals surface area contributed by atoms with Crippen molar-refractivity contribution in [3.8, 4) is 11.5 Å². The van der Waals surface area contributed by atoms with Gasteiger partial charge in [0.15, 0.2) is 16.6 Å². The van der Waals surface area contributed by atoms with E-state index in [2.05, 4.69) is 10.6 Å². The van der Waals surface area contributed by atoms with E-state index in [1.54, 1.807) is 37.3 Å². The van der Waals surface area contributed by atoms with Gasteiger partial charge in [0.1, 0.15) is 12.4 Å². The molecule has 0 bridgehead atoms. The van der Waals surface area contributed by atoms with E-state index in [4.69, 9.17) is 26.4 Å². The summed E-state index contributed by atoms with van der Waals surface area (Å²) in [6, 6.07) is 20.6. The van der Waals surface area contributed by atoms with E-state index in [0.29, 0.717) is 33.4 Å². The standard InChI is InChI=1S/C27H25FN2O4S/c1-3-33-26(31)23-24(17-9-5-4-6-10-17)29-27(35)30-25(23)18-13-14-21(22(15-18)32-2)34-16-19-11-7-8-12-20(19)28/h4-15,25H,3,16H2,1-2H3,(H2,29,30,35)/t25-/m0/s1. The van der Waals surface area contributed by atoms with Crippen molar-refractivity contribution < 1.29 is 23.4 Å². The highest BCUT2D eigenvalue weighted by Gasteiger charge is 2.33. The van der Waals surface area contributed by atoms with Crippen LogP contribution in [0.2, 0.25) is 0 Å². The average molecular weight is 493 g/mol. The number of methoxy groups -OCH3 is 1. The van der Waals surface area contributed by atoms with Crippen LogP contribution in [0.15, 0.2) is 78.4 Å². The molecule has 2 N–H and O–H groups in total. The van der Waals surface area contributed by atoms with Crippen LogP contribution in [0, 0.1) is 5.82 Å². The Morgan fingerprint density at radius 1 is 1.03 bits per heavy atom. The molecule has 0 spiro atoms. The van der Waals surface area contributed by atoms with Gasteiger partial charge in [-0.2, -0.15) is 0 Å². The molecule has 0 aromatic heterocycles. The minimum Gasteiger partial charge on any atom is -0.493 e. The predicted octanol–water partition coefficient (Wildman–Crippen LogP) is 4.91. The first-order valence-corrected chi connectivity index (χ1v) is 11.5. The SMILES string of the molecule is CCOC(=O)C1=C(c2ccccc2)NC(=S)N[C@H]1c1ccc(OCc2ccccc2F)c(OC)c1. The van der Waals surface area contributed by atoms with E-state index in [-0.39, 0.29) is 19.0 Å². The molecule has 0 radical (unpaired) electrons. The highest BCUT2D eigenvalue weighted by Crippen LogP contribution is 2.36. The van der Waals surface area contributed by atoms with E-state index in [1.807, 2.05) is 36.4 Å². The zero-order valence-corrected chi connectivity index (χ0v) is 20.2. The molecule has 3 aromatic rings. The number of carbonyl (C=O) groups is 1. The summed E-state index contributed by atoms with van der Waals surface area (Å²) in [6.07, 6.45) is 0. The number of halogens is 1. The van der Waals surface area contributed by atoms with Gasteiger partial charge in [0.05, 0.1) is 31.0 Å². The first-order valence-electron chi connectivity index (χ1n) is 11.1. The lowest BCUT2D eigenvalue weighted by molar-refractivity contribution is -0.138. The van der Waals surface area contributed by atoms with Crippen LogP contribution in [0.4, 0.5) is 4.39 Å². The fourth-order valence-corrected chi connectivity index (χ4v) is 4.05. The second kappa shape index (κ2) is 11.0. The lowest BCUT2D eigenvalue weighted by Crippen LogP contribution is -2.45. The third-order valence-corrected chi connectivity index (χ3v) is 5.71. The summed E-state index contributed by atoms with van der Waals surface area (Å²) in [6.45, 7) is 2.03. The molecule has 0 aliphatic carbocycles. The first kappa shape index (κ1) is 24.2. The maximum atomic E-state index is 14.0. The van der Waals surface area contributed by atoms with Crippen molar-refractivity contribution in [2.45, 2.75) is 19.6 Å². The van der Waals surface area contributed by atoms with Gasteiger partial charge in [-0.3, -0.25) is 0 Å². The summed E-state index contributed by atoms with van der Waals surface area (Å²) < 4.78 is 30.8. The molecule has 0 fully saturated rings. The number of rotatable bonds is 8. The van der Waals surface area contributed by atoms with Gasteiger partial charge in [-0.1, -0.05) is 54.6 Å². The molecule has 0 unspecified atom stereocenters. The lowest BCUT2D eigenvalue weighted by Gasteiger charge is -2.31. The van der Waals surface area contributed by atoms with Crippen molar-refractivity contribution in [3.63, 3.8) is 0 Å². The number of ether oxygens (including phenoxy) is 3. The van der Waals surface area contributed by atoms with E-state index in [1.165, 1.54) is 13.2 Å². The largest absolute Gasteiger partial charge is 0.493 e. The summed E-state index contributed by atoms with van der Waals surface area (Å²) in [5, 5.41) is 6.66. The third-order valence-electron chi connectivity index (χ3n) is 5.49. The Hall–Kier alpha value is -3.91. The normalized spacial score (nSPS) is 15.2. The molecule has 1 heterocycles. The third kappa shape index (κ3) is 5.44. The zero-order chi connectivity index (χ0) is 24.8. The molecule has 35 heavy (non-hydrogen) atoms. The van der Waals surface area contributed by atoms with Gasteiger partial charge in [0.2, 0.25) is 0 Å². The summed E-state index contributed by atoms with van der Waals surface area (Å²) in [5.41, 5.74) is 2.94. The van der Waals surface area contributed by atoms with Gasteiger partial charge >= 0.3 is 5.97 Å². The minimum atomic E-state index is -0.590. The fraction of sp³-hybridized carbons (Fsp3) is 0.185. The second-order valence-electron chi connectivity index (χ2n) is 7.70. The molecule has 1 aliphatic heterocycles. The van der Waals surface area contributed by atoms with Crippen LogP contribution in [-0.2, 0) is 16.1 Å². The van der Waals surface area contributed by atoms with Crippen LogP contribution in [-0.4, -0.2) is 24.8 Å². The van der Waals surface area contributed by atoms with Crippen LogP contribution in [0.3, 0.4) is 0 Å². The predicted molar refractivity (Wildman–Crippen MR) is 135 cm³/mol. The lowest BCUT2D eigenvalue weighted by atomic mass is 9.92. The number of esters is 1. The molecule has 0 amide bonds. The Labute approximate surface area is 208 Å². The monoisotopic (exact) mass is 492 g/mol. The smallest absolute Gasteiger partial charge is 0.338 e. The molecule has 180 valence electrons. The molecule has 0 saturated heterocycles. The fourth-order valence-electron chi connectivity index (χ4n) is 3.83. The van der Waals surface area contributed by atoms with Crippen molar-refractivity contribution in [1.82, 2.24) is 10.6 Å². The summed E-state index contributed by atoms with van der Waals surface area (Å²) in [5.74, 6) is 0.0846. The van der Waals surface area contributed by atoms with Gasteiger partial charge in [-0.05, 0) is 48.5 Å². The molecular formula is C27H25FN2O4S. The van der Waals surface area contributed by atoms with Gasteiger partial charge in [-0.15, -0.1) is 0 Å². The van der Waals surface area contributed by atoms with Crippen LogP contribution in [0.1, 0.15) is 29.7 Å². The number of benzene rings is 3. The van der Waals surface area contributed by atoms with Gasteiger partial charge in [0, 0.05) is 5.56 Å². The molecule has 4 rings (SSSR count). The Morgan fingerprint density at radius 3 is 2.49 bits per heavy atom. The molecular weight excluding hydrogens is 467 g/mol. The first-order chi connectivity index (χ1) is 17.0. The highest BCUT2D eigenvalue weighted by molar-refractivity contribution is 7.80. The zero-order valence-electron chi connectivity index (χ0n) is 19.3. The van der Waals surface area contributed by atoms with Crippen LogP contribution < -0.4 is 20.1 Å². The van der Waals surface area contributed by atoms with Crippen molar-refractivity contribution >= 4 is 29.0 Å². The second-order valence-corrected chi connectivity index (χ2v) is 8.11. The van der Waals surface area contributed by atoms with Crippen molar-refractivity contribution in [1.29, 1.82) is 0 Å². The van der Waals surface area contributed by atoms with E-state index >= 15 is 0 Å². The Balaban J connectivity index is 1.71. The molecule has 8 heteroatoms. The summed E-state index contributed by atoms with van der Waals surface area (Å²) in [7, 11) is 1.52. The number of thiocarbonyl (C=S) groups is 1. The van der Waals surface area contributed by atoms with Crippen molar-refractivity contribution in [3.05, 3.63) is 101 Å².